The third-order valence-electron chi connectivity index (χ3n) is 6.20. The highest BCUT2D eigenvalue weighted by atomic mass is 79.9. The van der Waals surface area contributed by atoms with Gasteiger partial charge in [-0.15, -0.1) is 0 Å². The smallest absolute Gasteiger partial charge is 0.264 e. The van der Waals surface area contributed by atoms with Gasteiger partial charge in [-0.1, -0.05) is 46.3 Å². The van der Waals surface area contributed by atoms with Gasteiger partial charge in [-0.2, -0.15) is 0 Å². The van der Waals surface area contributed by atoms with E-state index in [1.807, 2.05) is 51.1 Å². The number of ether oxygens (including phenoxy) is 1. The van der Waals surface area contributed by atoms with Crippen molar-refractivity contribution >= 4 is 43.5 Å². The van der Waals surface area contributed by atoms with E-state index in [-0.39, 0.29) is 23.4 Å². The number of carbonyl (C=O) groups excluding carboxylic acids is 2. The number of hydrogen-bond acceptors (Lipinski definition) is 5. The van der Waals surface area contributed by atoms with Gasteiger partial charge in [0.1, 0.15) is 18.3 Å². The molecule has 10 heteroatoms. The van der Waals surface area contributed by atoms with Crippen molar-refractivity contribution in [2.75, 3.05) is 24.0 Å². The van der Waals surface area contributed by atoms with Gasteiger partial charge in [-0.05, 0) is 88.2 Å². The molecule has 2 amide bonds. The highest BCUT2D eigenvalue weighted by Crippen LogP contribution is 2.27. The Hall–Kier alpha value is -3.37. The summed E-state index contributed by atoms with van der Waals surface area (Å²) in [5.74, 6) is -0.210. The van der Waals surface area contributed by atoms with Crippen molar-refractivity contribution in [3.05, 3.63) is 88.9 Å². The van der Waals surface area contributed by atoms with Crippen LogP contribution in [0.3, 0.4) is 0 Å². The second-order valence-electron chi connectivity index (χ2n) is 9.55. The van der Waals surface area contributed by atoms with Crippen LogP contribution < -0.4 is 14.4 Å². The van der Waals surface area contributed by atoms with Gasteiger partial charge in [-0.25, -0.2) is 8.42 Å². The maximum atomic E-state index is 13.9. The van der Waals surface area contributed by atoms with Gasteiger partial charge in [0.2, 0.25) is 11.8 Å². The van der Waals surface area contributed by atoms with E-state index >= 15 is 0 Å². The van der Waals surface area contributed by atoms with Crippen LogP contribution in [0.1, 0.15) is 33.3 Å². The molecule has 3 aromatic rings. The van der Waals surface area contributed by atoms with Gasteiger partial charge in [0, 0.05) is 17.1 Å². The van der Waals surface area contributed by atoms with Crippen LogP contribution >= 0.6 is 15.9 Å². The van der Waals surface area contributed by atoms with Crippen molar-refractivity contribution < 1.29 is 22.7 Å². The van der Waals surface area contributed by atoms with Gasteiger partial charge >= 0.3 is 0 Å². The first-order chi connectivity index (χ1) is 19.0. The van der Waals surface area contributed by atoms with Crippen LogP contribution in [0.5, 0.6) is 5.75 Å². The lowest BCUT2D eigenvalue weighted by Crippen LogP contribution is -2.53. The number of halogens is 1. The molecule has 8 nitrogen and oxygen atoms in total. The molecule has 0 saturated carbocycles. The maximum Gasteiger partial charge on any atom is 0.264 e. The molecule has 0 saturated heterocycles. The minimum Gasteiger partial charge on any atom is -0.494 e. The maximum absolute atomic E-state index is 13.9. The third-order valence-corrected chi connectivity index (χ3v) is 8.52. The minimum atomic E-state index is -4.13. The topological polar surface area (TPSA) is 96.0 Å². The predicted molar refractivity (Wildman–Crippen MR) is 161 cm³/mol. The summed E-state index contributed by atoms with van der Waals surface area (Å²) in [6.07, 6.45) is 0.508. The van der Waals surface area contributed by atoms with Crippen molar-refractivity contribution in [1.82, 2.24) is 10.2 Å². The van der Waals surface area contributed by atoms with Crippen molar-refractivity contribution in [2.24, 2.45) is 0 Å². The summed E-state index contributed by atoms with van der Waals surface area (Å²) in [7, 11) is -4.13. The van der Waals surface area contributed by atoms with Gasteiger partial charge < -0.3 is 15.0 Å². The summed E-state index contributed by atoms with van der Waals surface area (Å²) in [6.45, 7) is 7.43. The van der Waals surface area contributed by atoms with Crippen LogP contribution in [0.4, 0.5) is 5.69 Å². The number of benzene rings is 3. The molecular formula is C30H36BrN3O5S. The molecule has 1 N–H and O–H groups in total. The van der Waals surface area contributed by atoms with Crippen LogP contribution in [-0.4, -0.2) is 56.9 Å². The molecule has 0 bridgehead atoms. The average Bonchev–Trinajstić information content (AvgIpc) is 2.93. The molecule has 0 aromatic heterocycles. The largest absolute Gasteiger partial charge is 0.494 e. The fraction of sp³-hybridized carbons (Fsp3) is 0.333. The SMILES string of the molecule is CCOc1ccc(N(CC(=O)N(CCc2ccccc2)[C@H](C)C(=O)NC(C)C)S(=O)(=O)c2ccc(Br)cc2)cc1. The third kappa shape index (κ3) is 8.32. The zero-order chi connectivity index (χ0) is 29.3. The van der Waals surface area contributed by atoms with E-state index in [0.717, 1.165) is 14.3 Å². The van der Waals surface area contributed by atoms with E-state index in [1.165, 1.54) is 17.0 Å². The molecule has 0 aliphatic carbocycles. The summed E-state index contributed by atoms with van der Waals surface area (Å²) < 4.78 is 35.1. The fourth-order valence-electron chi connectivity index (χ4n) is 4.11. The Morgan fingerprint density at radius 1 is 0.925 bits per heavy atom. The lowest BCUT2D eigenvalue weighted by molar-refractivity contribution is -0.139. The number of hydrogen-bond donors (Lipinski definition) is 1. The quantitative estimate of drug-likeness (QED) is 0.286. The number of carbonyl (C=O) groups is 2. The molecule has 214 valence electrons. The molecule has 0 heterocycles. The van der Waals surface area contributed by atoms with Gasteiger partial charge in [-0.3, -0.25) is 13.9 Å². The molecule has 1 atom stereocenters. The van der Waals surface area contributed by atoms with E-state index in [0.29, 0.717) is 24.5 Å². The second kappa shape index (κ2) is 14.3. The number of nitrogens with zero attached hydrogens (tertiary/aromatic N) is 2. The predicted octanol–water partition coefficient (Wildman–Crippen LogP) is 5.03. The molecule has 0 fully saturated rings. The van der Waals surface area contributed by atoms with Crippen LogP contribution in [0.15, 0.2) is 88.2 Å². The highest BCUT2D eigenvalue weighted by Gasteiger charge is 2.32. The minimum absolute atomic E-state index is 0.0406. The van der Waals surface area contributed by atoms with E-state index in [9.17, 15) is 18.0 Å². The number of nitrogens with one attached hydrogen (secondary N) is 1. The number of rotatable bonds is 13. The first-order valence-corrected chi connectivity index (χ1v) is 15.4. The lowest BCUT2D eigenvalue weighted by Gasteiger charge is -2.32. The Bertz CT molecular complexity index is 1360. The van der Waals surface area contributed by atoms with Crippen molar-refractivity contribution in [1.29, 1.82) is 0 Å². The summed E-state index contributed by atoms with van der Waals surface area (Å²) in [4.78, 5) is 28.3. The summed E-state index contributed by atoms with van der Waals surface area (Å²) >= 11 is 3.34. The Morgan fingerprint density at radius 2 is 1.55 bits per heavy atom. The van der Waals surface area contributed by atoms with Crippen molar-refractivity contribution in [3.63, 3.8) is 0 Å². The zero-order valence-corrected chi connectivity index (χ0v) is 25.6. The Kier molecular flexibility index (Phi) is 11.2. The van der Waals surface area contributed by atoms with Crippen LogP contribution in [-0.2, 0) is 26.0 Å². The molecule has 0 spiro atoms. The Morgan fingerprint density at radius 3 is 2.12 bits per heavy atom. The summed E-state index contributed by atoms with van der Waals surface area (Å²) in [5, 5.41) is 2.86. The molecule has 3 rings (SSSR count). The molecular weight excluding hydrogens is 594 g/mol. The molecule has 0 aliphatic heterocycles. The molecule has 3 aromatic carbocycles. The van der Waals surface area contributed by atoms with Crippen LogP contribution in [0, 0.1) is 0 Å². The Balaban J connectivity index is 1.98. The van der Waals surface area contributed by atoms with E-state index in [2.05, 4.69) is 21.2 Å². The van der Waals surface area contributed by atoms with Crippen molar-refractivity contribution in [2.45, 2.75) is 51.1 Å². The highest BCUT2D eigenvalue weighted by molar-refractivity contribution is 9.10. The van der Waals surface area contributed by atoms with Gasteiger partial charge in [0.05, 0.1) is 17.2 Å². The van der Waals surface area contributed by atoms with Gasteiger partial charge in [0.25, 0.3) is 10.0 Å². The van der Waals surface area contributed by atoms with Crippen molar-refractivity contribution in [3.8, 4) is 5.75 Å². The standard InChI is InChI=1S/C30H36BrN3O5S/c1-5-39-27-15-13-26(14-16-27)34(40(37,38)28-17-11-25(31)12-18-28)21-29(35)33(23(4)30(36)32-22(2)3)20-19-24-9-7-6-8-10-24/h6-18,22-23H,5,19-21H2,1-4H3,(H,32,36)/t23-/m1/s1. The lowest BCUT2D eigenvalue weighted by atomic mass is 10.1. The number of sulfonamides is 1. The second-order valence-corrected chi connectivity index (χ2v) is 12.3. The van der Waals surface area contributed by atoms with Crippen LogP contribution in [0.2, 0.25) is 0 Å². The fourth-order valence-corrected chi connectivity index (χ4v) is 5.79. The molecule has 0 unspecified atom stereocenters. The normalized spacial score (nSPS) is 12.1. The Labute approximate surface area is 245 Å². The van der Waals surface area contributed by atoms with E-state index in [1.54, 1.807) is 43.3 Å². The van der Waals surface area contributed by atoms with Gasteiger partial charge in [0.15, 0.2) is 0 Å². The first kappa shape index (κ1) is 31.2. The summed E-state index contributed by atoms with van der Waals surface area (Å²) in [6, 6.07) is 21.5. The average molecular weight is 631 g/mol. The number of amides is 2. The van der Waals surface area contributed by atoms with Crippen LogP contribution in [0.25, 0.3) is 0 Å². The molecule has 40 heavy (non-hydrogen) atoms. The van der Waals surface area contributed by atoms with E-state index < -0.39 is 28.5 Å². The van der Waals surface area contributed by atoms with E-state index in [4.69, 9.17) is 4.74 Å². The molecule has 0 aliphatic rings. The molecule has 0 radical (unpaired) electrons. The first-order valence-electron chi connectivity index (χ1n) is 13.2. The monoisotopic (exact) mass is 629 g/mol. The number of anilines is 1. The zero-order valence-electron chi connectivity index (χ0n) is 23.2. The summed E-state index contributed by atoms with van der Waals surface area (Å²) in [5.41, 5.74) is 1.31.